The third kappa shape index (κ3) is 5.33. The molecule has 0 aliphatic heterocycles. The van der Waals surface area contributed by atoms with Crippen LogP contribution in [0.2, 0.25) is 5.02 Å². The topological polar surface area (TPSA) is 70.9 Å². The van der Waals surface area contributed by atoms with Gasteiger partial charge in [0.05, 0.1) is 6.21 Å². The molecule has 0 heterocycles. The highest BCUT2D eigenvalue weighted by molar-refractivity contribution is 6.31. The van der Waals surface area contributed by atoms with E-state index in [4.69, 9.17) is 16.3 Å². The van der Waals surface area contributed by atoms with E-state index in [0.29, 0.717) is 22.9 Å². The van der Waals surface area contributed by atoms with Gasteiger partial charge in [-0.2, -0.15) is 5.10 Å². The average molecular weight is 381 g/mol. The number of rotatable bonds is 6. The molecule has 0 bridgehead atoms. The molecule has 0 atom stereocenters. The molecule has 136 valence electrons. The predicted octanol–water partition coefficient (Wildman–Crippen LogP) is 4.39. The molecule has 0 aromatic heterocycles. The number of halogens is 1. The lowest BCUT2D eigenvalue weighted by Crippen LogP contribution is -2.17. The van der Waals surface area contributed by atoms with Crippen LogP contribution in [0.25, 0.3) is 0 Å². The number of nitrogens with one attached hydrogen (secondary N) is 1. The first-order chi connectivity index (χ1) is 13.1. The van der Waals surface area contributed by atoms with Gasteiger partial charge in [0.15, 0.2) is 0 Å². The normalized spacial score (nSPS) is 10.7. The number of carbonyl (C=O) groups excluding carboxylic acids is 1. The molecule has 27 heavy (non-hydrogen) atoms. The molecule has 1 amide bonds. The summed E-state index contributed by atoms with van der Waals surface area (Å²) in [5, 5.41) is 13.8. The Hall–Kier alpha value is -3.31. The molecule has 0 aliphatic rings. The third-order valence-electron chi connectivity index (χ3n) is 3.74. The maximum atomic E-state index is 11.9. The summed E-state index contributed by atoms with van der Waals surface area (Å²) >= 11 is 6.11. The van der Waals surface area contributed by atoms with Gasteiger partial charge < -0.3 is 9.84 Å². The Morgan fingerprint density at radius 3 is 2.44 bits per heavy atom. The average Bonchev–Trinajstić information content (AvgIpc) is 2.69. The van der Waals surface area contributed by atoms with Gasteiger partial charge in [-0.15, -0.1) is 0 Å². The largest absolute Gasteiger partial charge is 0.508 e. The van der Waals surface area contributed by atoms with E-state index in [2.05, 4.69) is 10.5 Å². The Morgan fingerprint density at radius 1 is 1.04 bits per heavy atom. The summed E-state index contributed by atoms with van der Waals surface area (Å²) in [6, 6.07) is 20.8. The highest BCUT2D eigenvalue weighted by Crippen LogP contribution is 2.18. The minimum absolute atomic E-state index is 0.104. The molecule has 3 aromatic carbocycles. The fourth-order valence-corrected chi connectivity index (χ4v) is 2.46. The number of aromatic hydroxyl groups is 1. The van der Waals surface area contributed by atoms with Crippen LogP contribution in [0.3, 0.4) is 0 Å². The second kappa shape index (κ2) is 8.87. The molecular weight excluding hydrogens is 364 g/mol. The fourth-order valence-electron chi connectivity index (χ4n) is 2.27. The maximum Gasteiger partial charge on any atom is 0.271 e. The van der Waals surface area contributed by atoms with Crippen molar-refractivity contribution in [2.45, 2.75) is 6.61 Å². The van der Waals surface area contributed by atoms with Gasteiger partial charge in [0, 0.05) is 16.1 Å². The van der Waals surface area contributed by atoms with Crippen LogP contribution in [0, 0.1) is 0 Å². The molecule has 0 fully saturated rings. The van der Waals surface area contributed by atoms with Crippen molar-refractivity contribution >= 4 is 23.7 Å². The Labute approximate surface area is 161 Å². The fraction of sp³-hybridized carbons (Fsp3) is 0.0476. The first kappa shape index (κ1) is 18.5. The minimum Gasteiger partial charge on any atom is -0.508 e. The summed E-state index contributed by atoms with van der Waals surface area (Å²) in [5.41, 5.74) is 4.58. The van der Waals surface area contributed by atoms with Crippen molar-refractivity contribution < 1.29 is 14.6 Å². The molecule has 6 heteroatoms. The molecule has 3 aromatic rings. The first-order valence-electron chi connectivity index (χ1n) is 8.20. The lowest BCUT2D eigenvalue weighted by atomic mass is 10.2. The molecular formula is C21H17ClN2O3. The van der Waals surface area contributed by atoms with Gasteiger partial charge in [0.1, 0.15) is 18.1 Å². The summed E-state index contributed by atoms with van der Waals surface area (Å²) in [4.78, 5) is 11.9. The molecule has 0 radical (unpaired) electrons. The summed E-state index contributed by atoms with van der Waals surface area (Å²) in [6.07, 6.45) is 1.54. The van der Waals surface area contributed by atoms with Crippen LogP contribution in [0.1, 0.15) is 21.5 Å². The third-order valence-corrected chi connectivity index (χ3v) is 4.11. The van der Waals surface area contributed by atoms with Crippen LogP contribution in [0.15, 0.2) is 77.9 Å². The van der Waals surface area contributed by atoms with E-state index in [1.807, 2.05) is 48.5 Å². The number of ether oxygens (including phenoxy) is 1. The van der Waals surface area contributed by atoms with E-state index < -0.39 is 0 Å². The number of hydrogen-bond acceptors (Lipinski definition) is 4. The number of amides is 1. The van der Waals surface area contributed by atoms with Gasteiger partial charge in [-0.05, 0) is 60.2 Å². The minimum atomic E-state index is -0.356. The highest BCUT2D eigenvalue weighted by atomic mass is 35.5. The lowest BCUT2D eigenvalue weighted by Gasteiger charge is -2.07. The summed E-state index contributed by atoms with van der Waals surface area (Å²) in [7, 11) is 0. The quantitative estimate of drug-likeness (QED) is 0.492. The smallest absolute Gasteiger partial charge is 0.271 e. The summed E-state index contributed by atoms with van der Waals surface area (Å²) < 4.78 is 5.72. The Bertz CT molecular complexity index is 938. The van der Waals surface area contributed by atoms with Gasteiger partial charge in [0.25, 0.3) is 5.91 Å². The van der Waals surface area contributed by atoms with E-state index in [1.165, 1.54) is 30.5 Å². The Kier molecular flexibility index (Phi) is 6.07. The van der Waals surface area contributed by atoms with Crippen LogP contribution in [0.5, 0.6) is 11.5 Å². The van der Waals surface area contributed by atoms with Crippen molar-refractivity contribution in [2.75, 3.05) is 0 Å². The molecule has 2 N–H and O–H groups in total. The molecule has 0 aliphatic carbocycles. The van der Waals surface area contributed by atoms with Crippen LogP contribution in [-0.2, 0) is 6.61 Å². The SMILES string of the molecule is O=C(N/N=C\c1ccc(OCc2ccccc2Cl)cc1)c1ccc(O)cc1. The summed E-state index contributed by atoms with van der Waals surface area (Å²) in [5.74, 6) is 0.457. The number of phenolic OH excluding ortho intramolecular Hbond substituents is 1. The lowest BCUT2D eigenvalue weighted by molar-refractivity contribution is 0.0955. The Balaban J connectivity index is 1.52. The number of nitrogens with zero attached hydrogens (tertiary/aromatic N) is 1. The molecule has 0 saturated carbocycles. The van der Waals surface area contributed by atoms with Gasteiger partial charge >= 0.3 is 0 Å². The van der Waals surface area contributed by atoms with Gasteiger partial charge in [-0.1, -0.05) is 29.8 Å². The van der Waals surface area contributed by atoms with E-state index in [9.17, 15) is 9.90 Å². The second-order valence-corrected chi connectivity index (χ2v) is 6.10. The monoisotopic (exact) mass is 380 g/mol. The predicted molar refractivity (Wildman–Crippen MR) is 105 cm³/mol. The van der Waals surface area contributed by atoms with E-state index in [1.54, 1.807) is 0 Å². The van der Waals surface area contributed by atoms with Gasteiger partial charge in [0.2, 0.25) is 0 Å². The van der Waals surface area contributed by atoms with E-state index in [0.717, 1.165) is 11.1 Å². The van der Waals surface area contributed by atoms with Gasteiger partial charge in [-0.3, -0.25) is 4.79 Å². The van der Waals surface area contributed by atoms with E-state index >= 15 is 0 Å². The second-order valence-electron chi connectivity index (χ2n) is 5.70. The van der Waals surface area contributed by atoms with E-state index in [-0.39, 0.29) is 11.7 Å². The van der Waals surface area contributed by atoms with Crippen molar-refractivity contribution in [1.82, 2.24) is 5.43 Å². The van der Waals surface area contributed by atoms with Crippen LogP contribution < -0.4 is 10.2 Å². The zero-order valence-corrected chi connectivity index (χ0v) is 15.1. The van der Waals surface area contributed by atoms with Crippen LogP contribution in [0.4, 0.5) is 0 Å². The van der Waals surface area contributed by atoms with Crippen LogP contribution >= 0.6 is 11.6 Å². The zero-order chi connectivity index (χ0) is 19.1. The molecule has 5 nitrogen and oxygen atoms in total. The number of benzene rings is 3. The van der Waals surface area contributed by atoms with Crippen molar-refractivity contribution in [1.29, 1.82) is 0 Å². The standard InChI is InChI=1S/C21H17ClN2O3/c22-20-4-2-1-3-17(20)14-27-19-11-5-15(6-12-19)13-23-24-21(26)16-7-9-18(25)10-8-16/h1-13,25H,14H2,(H,24,26)/b23-13-. The number of phenols is 1. The Morgan fingerprint density at radius 2 is 1.74 bits per heavy atom. The van der Waals surface area contributed by atoms with Crippen molar-refractivity contribution in [3.63, 3.8) is 0 Å². The van der Waals surface area contributed by atoms with Gasteiger partial charge in [-0.25, -0.2) is 5.43 Å². The number of hydrogen-bond donors (Lipinski definition) is 2. The molecule has 0 unspecified atom stereocenters. The van der Waals surface area contributed by atoms with Crippen molar-refractivity contribution in [2.24, 2.45) is 5.10 Å². The highest BCUT2D eigenvalue weighted by Gasteiger charge is 2.03. The summed E-state index contributed by atoms with van der Waals surface area (Å²) in [6.45, 7) is 0.385. The molecule has 3 rings (SSSR count). The van der Waals surface area contributed by atoms with Crippen LogP contribution in [-0.4, -0.2) is 17.2 Å². The molecule has 0 saturated heterocycles. The number of carbonyl (C=O) groups is 1. The number of hydrazone groups is 1. The first-order valence-corrected chi connectivity index (χ1v) is 8.58. The zero-order valence-electron chi connectivity index (χ0n) is 14.3. The van der Waals surface area contributed by atoms with Crippen molar-refractivity contribution in [3.8, 4) is 11.5 Å². The molecule has 0 spiro atoms. The van der Waals surface area contributed by atoms with Crippen molar-refractivity contribution in [3.05, 3.63) is 94.5 Å². The maximum absolute atomic E-state index is 11.9.